The highest BCUT2D eigenvalue weighted by Crippen LogP contribution is 2.18. The average Bonchev–Trinajstić information content (AvgIpc) is 2.48. The molecule has 2 N–H and O–H groups in total. The van der Waals surface area contributed by atoms with E-state index < -0.39 is 5.54 Å². The van der Waals surface area contributed by atoms with Gasteiger partial charge in [-0.2, -0.15) is 0 Å². The number of nitrogens with zero attached hydrogens (tertiary/aromatic N) is 2. The van der Waals surface area contributed by atoms with Crippen LogP contribution < -0.4 is 10.6 Å². The predicted octanol–water partition coefficient (Wildman–Crippen LogP) is 0.783. The molecule has 0 fully saturated rings. The summed E-state index contributed by atoms with van der Waals surface area (Å²) in [6.07, 6.45) is 0. The summed E-state index contributed by atoms with van der Waals surface area (Å²) in [6, 6.07) is 0. The Morgan fingerprint density at radius 2 is 2.07 bits per heavy atom. The van der Waals surface area contributed by atoms with Crippen molar-refractivity contribution in [3.8, 4) is 0 Å². The number of aryl methyl sites for hydroxylation is 1. The highest BCUT2D eigenvalue weighted by atomic mass is 32.1. The molecule has 0 saturated carbocycles. The van der Waals surface area contributed by atoms with Crippen LogP contribution in [0.3, 0.4) is 0 Å². The summed E-state index contributed by atoms with van der Waals surface area (Å²) >= 11 is 1.43. The summed E-state index contributed by atoms with van der Waals surface area (Å²) in [7, 11) is 1.61. The molecule has 14 heavy (non-hydrogen) atoms. The first-order chi connectivity index (χ1) is 6.45. The number of amides is 1. The van der Waals surface area contributed by atoms with Gasteiger partial charge in [0.15, 0.2) is 0 Å². The molecule has 0 aromatic carbocycles. The first-order valence-electron chi connectivity index (χ1n) is 4.26. The van der Waals surface area contributed by atoms with Crippen LogP contribution in [0.25, 0.3) is 0 Å². The van der Waals surface area contributed by atoms with Crippen LogP contribution in [0.5, 0.6) is 0 Å². The maximum atomic E-state index is 11.4. The van der Waals surface area contributed by atoms with Crippen LogP contribution >= 0.6 is 11.3 Å². The number of anilines is 1. The minimum absolute atomic E-state index is 0.0784. The fraction of sp³-hybridized carbons (Fsp3) is 0.625. The molecule has 0 aliphatic rings. The molecule has 6 heteroatoms. The van der Waals surface area contributed by atoms with E-state index in [0.717, 1.165) is 5.01 Å². The van der Waals surface area contributed by atoms with Gasteiger partial charge in [-0.25, -0.2) is 0 Å². The second kappa shape index (κ2) is 3.91. The van der Waals surface area contributed by atoms with Crippen LogP contribution in [0.2, 0.25) is 0 Å². The van der Waals surface area contributed by atoms with Gasteiger partial charge in [0, 0.05) is 7.05 Å². The van der Waals surface area contributed by atoms with Crippen LogP contribution in [0.4, 0.5) is 5.13 Å². The molecule has 0 spiro atoms. The topological polar surface area (TPSA) is 66.9 Å². The zero-order valence-corrected chi connectivity index (χ0v) is 9.53. The second-order valence-corrected chi connectivity index (χ2v) is 4.64. The molecule has 5 nitrogen and oxygen atoms in total. The summed E-state index contributed by atoms with van der Waals surface area (Å²) in [5, 5.41) is 14.9. The van der Waals surface area contributed by atoms with Crippen molar-refractivity contribution in [1.82, 2.24) is 15.5 Å². The molecule has 1 aromatic heterocycles. The lowest BCUT2D eigenvalue weighted by Crippen LogP contribution is -2.46. The highest BCUT2D eigenvalue weighted by Gasteiger charge is 2.27. The molecule has 1 heterocycles. The van der Waals surface area contributed by atoms with Gasteiger partial charge in [0.1, 0.15) is 10.5 Å². The Morgan fingerprint density at radius 3 is 2.50 bits per heavy atom. The van der Waals surface area contributed by atoms with E-state index in [1.165, 1.54) is 11.3 Å². The molecule has 0 radical (unpaired) electrons. The van der Waals surface area contributed by atoms with E-state index in [2.05, 4.69) is 20.8 Å². The number of hydrogen-bond donors (Lipinski definition) is 2. The number of carbonyl (C=O) groups excluding carboxylic acids is 1. The smallest absolute Gasteiger partial charge is 0.244 e. The molecule has 0 unspecified atom stereocenters. The largest absolute Gasteiger partial charge is 0.357 e. The second-order valence-electron chi connectivity index (χ2n) is 3.46. The van der Waals surface area contributed by atoms with Gasteiger partial charge in [0.2, 0.25) is 11.0 Å². The summed E-state index contributed by atoms with van der Waals surface area (Å²) in [6.45, 7) is 5.46. The maximum absolute atomic E-state index is 11.4. The van der Waals surface area contributed by atoms with Crippen molar-refractivity contribution >= 4 is 22.4 Å². The van der Waals surface area contributed by atoms with Gasteiger partial charge in [-0.1, -0.05) is 11.3 Å². The van der Waals surface area contributed by atoms with Crippen LogP contribution in [0, 0.1) is 6.92 Å². The average molecular weight is 214 g/mol. The van der Waals surface area contributed by atoms with E-state index in [1.807, 2.05) is 6.92 Å². The SMILES string of the molecule is CNC(=O)C(C)(C)Nc1nnc(C)s1. The van der Waals surface area contributed by atoms with Crippen molar-refractivity contribution in [1.29, 1.82) is 0 Å². The van der Waals surface area contributed by atoms with Crippen LogP contribution in [0.15, 0.2) is 0 Å². The highest BCUT2D eigenvalue weighted by molar-refractivity contribution is 7.15. The van der Waals surface area contributed by atoms with E-state index in [9.17, 15) is 4.79 Å². The predicted molar refractivity (Wildman–Crippen MR) is 56.4 cm³/mol. The summed E-state index contributed by atoms with van der Waals surface area (Å²) in [4.78, 5) is 11.4. The van der Waals surface area contributed by atoms with Crippen LogP contribution in [-0.2, 0) is 4.79 Å². The molecule has 0 atom stereocenters. The first kappa shape index (κ1) is 10.9. The van der Waals surface area contributed by atoms with Crippen molar-refractivity contribution in [2.45, 2.75) is 26.3 Å². The Kier molecular flexibility index (Phi) is 3.05. The Balaban J connectivity index is 2.72. The third-order valence-corrected chi connectivity index (χ3v) is 2.49. The first-order valence-corrected chi connectivity index (χ1v) is 5.08. The molecule has 1 aromatic rings. The summed E-state index contributed by atoms with van der Waals surface area (Å²) in [5.41, 5.74) is -0.666. The fourth-order valence-electron chi connectivity index (χ4n) is 0.984. The maximum Gasteiger partial charge on any atom is 0.244 e. The van der Waals surface area contributed by atoms with Gasteiger partial charge in [-0.05, 0) is 20.8 Å². The van der Waals surface area contributed by atoms with E-state index in [-0.39, 0.29) is 5.91 Å². The molecule has 0 aliphatic heterocycles. The van der Waals surface area contributed by atoms with Crippen molar-refractivity contribution in [3.63, 3.8) is 0 Å². The minimum atomic E-state index is -0.666. The number of carbonyl (C=O) groups is 1. The molecule has 0 saturated heterocycles. The van der Waals surface area contributed by atoms with Crippen molar-refractivity contribution in [3.05, 3.63) is 5.01 Å². The van der Waals surface area contributed by atoms with Gasteiger partial charge >= 0.3 is 0 Å². The normalized spacial score (nSPS) is 11.1. The molecule has 1 amide bonds. The van der Waals surface area contributed by atoms with Crippen molar-refractivity contribution in [2.24, 2.45) is 0 Å². The lowest BCUT2D eigenvalue weighted by Gasteiger charge is -2.23. The molecular formula is C8H14N4OS. The van der Waals surface area contributed by atoms with Gasteiger partial charge in [0.25, 0.3) is 0 Å². The van der Waals surface area contributed by atoms with E-state index in [1.54, 1.807) is 20.9 Å². The molecular weight excluding hydrogens is 200 g/mol. The summed E-state index contributed by atoms with van der Waals surface area (Å²) < 4.78 is 0. The number of likely N-dealkylation sites (N-methyl/N-ethyl adjacent to an activating group) is 1. The third kappa shape index (κ3) is 2.41. The molecule has 0 bridgehead atoms. The molecule has 78 valence electrons. The summed E-state index contributed by atoms with van der Waals surface area (Å²) in [5.74, 6) is -0.0784. The lowest BCUT2D eigenvalue weighted by molar-refractivity contribution is -0.123. The van der Waals surface area contributed by atoms with Crippen LogP contribution in [-0.4, -0.2) is 28.7 Å². The Hall–Kier alpha value is -1.17. The Morgan fingerprint density at radius 1 is 1.43 bits per heavy atom. The van der Waals surface area contributed by atoms with Crippen LogP contribution in [0.1, 0.15) is 18.9 Å². The number of nitrogens with one attached hydrogen (secondary N) is 2. The Labute approximate surface area is 86.9 Å². The lowest BCUT2D eigenvalue weighted by atomic mass is 10.1. The zero-order chi connectivity index (χ0) is 10.8. The fourth-order valence-corrected chi connectivity index (χ4v) is 1.73. The van der Waals surface area contributed by atoms with E-state index in [0.29, 0.717) is 5.13 Å². The van der Waals surface area contributed by atoms with E-state index >= 15 is 0 Å². The zero-order valence-electron chi connectivity index (χ0n) is 8.71. The standard InChI is InChI=1S/C8H14N4OS/c1-5-11-12-7(14-5)10-8(2,3)6(13)9-4/h1-4H3,(H,9,13)(H,10,12). The number of aromatic nitrogens is 2. The van der Waals surface area contributed by atoms with E-state index in [4.69, 9.17) is 0 Å². The van der Waals surface area contributed by atoms with Gasteiger partial charge < -0.3 is 10.6 Å². The third-order valence-electron chi connectivity index (χ3n) is 1.74. The van der Waals surface area contributed by atoms with Gasteiger partial charge in [-0.15, -0.1) is 10.2 Å². The number of rotatable bonds is 3. The monoisotopic (exact) mass is 214 g/mol. The Bertz CT molecular complexity index is 334. The molecule has 0 aliphatic carbocycles. The van der Waals surface area contributed by atoms with Gasteiger partial charge in [-0.3, -0.25) is 4.79 Å². The quantitative estimate of drug-likeness (QED) is 0.780. The van der Waals surface area contributed by atoms with Gasteiger partial charge in [0.05, 0.1) is 0 Å². The van der Waals surface area contributed by atoms with Crippen molar-refractivity contribution < 1.29 is 4.79 Å². The minimum Gasteiger partial charge on any atom is -0.357 e. The number of hydrogen-bond acceptors (Lipinski definition) is 5. The molecule has 1 rings (SSSR count). The van der Waals surface area contributed by atoms with Crippen molar-refractivity contribution in [2.75, 3.05) is 12.4 Å².